The normalized spacial score (nSPS) is 15.4. The van der Waals surface area contributed by atoms with Crippen molar-refractivity contribution >= 4 is 5.97 Å². The Kier molecular flexibility index (Phi) is 6.65. The molecule has 0 aliphatic rings. The maximum Gasteiger partial charge on any atom is 0.335 e. The maximum absolute atomic E-state index is 11.2. The lowest BCUT2D eigenvalue weighted by atomic mass is 9.94. The molecule has 1 atom stereocenters. The van der Waals surface area contributed by atoms with E-state index in [1.807, 2.05) is 13.8 Å². The standard InChI is InChI=1S/C13H26O3/c1-10(2)7-6-8-16-13(5,12(14)15)9-11(3)4/h10-11H,6-9H2,1-5H3,(H,14,15). The zero-order valence-electron chi connectivity index (χ0n) is 11.2. The molecule has 1 N–H and O–H groups in total. The Morgan fingerprint density at radius 2 is 1.81 bits per heavy atom. The van der Waals surface area contributed by atoms with Gasteiger partial charge in [-0.2, -0.15) is 0 Å². The SMILES string of the molecule is CC(C)CCCOC(C)(CC(C)C)C(=O)O. The summed E-state index contributed by atoms with van der Waals surface area (Å²) in [5.41, 5.74) is -1.02. The lowest BCUT2D eigenvalue weighted by Gasteiger charge is -2.27. The van der Waals surface area contributed by atoms with Crippen molar-refractivity contribution in [3.05, 3.63) is 0 Å². The molecule has 0 fully saturated rings. The highest BCUT2D eigenvalue weighted by Crippen LogP contribution is 2.22. The first kappa shape index (κ1) is 15.4. The Labute approximate surface area is 99.2 Å². The number of carboxylic acid groups (broad SMARTS) is 1. The van der Waals surface area contributed by atoms with Gasteiger partial charge < -0.3 is 9.84 Å². The van der Waals surface area contributed by atoms with Crippen LogP contribution in [-0.2, 0) is 9.53 Å². The summed E-state index contributed by atoms with van der Waals surface area (Å²) in [4.78, 5) is 11.2. The molecule has 3 nitrogen and oxygen atoms in total. The molecule has 0 saturated heterocycles. The molecule has 0 aromatic heterocycles. The number of carbonyl (C=O) groups is 1. The van der Waals surface area contributed by atoms with Crippen LogP contribution in [0.15, 0.2) is 0 Å². The van der Waals surface area contributed by atoms with Crippen molar-refractivity contribution in [2.24, 2.45) is 11.8 Å². The van der Waals surface area contributed by atoms with Crippen molar-refractivity contribution in [2.75, 3.05) is 6.61 Å². The van der Waals surface area contributed by atoms with Crippen molar-refractivity contribution < 1.29 is 14.6 Å². The predicted octanol–water partition coefficient (Wildman–Crippen LogP) is 3.33. The highest BCUT2D eigenvalue weighted by Gasteiger charge is 2.34. The molecule has 1 unspecified atom stereocenters. The number of aliphatic carboxylic acids is 1. The summed E-state index contributed by atoms with van der Waals surface area (Å²) in [5.74, 6) is 0.113. The second-order valence-electron chi connectivity index (χ2n) is 5.52. The third kappa shape index (κ3) is 6.11. The summed E-state index contributed by atoms with van der Waals surface area (Å²) in [6.07, 6.45) is 2.57. The van der Waals surface area contributed by atoms with E-state index >= 15 is 0 Å². The average molecular weight is 230 g/mol. The molecular weight excluding hydrogens is 204 g/mol. The fraction of sp³-hybridized carbons (Fsp3) is 0.923. The van der Waals surface area contributed by atoms with Crippen molar-refractivity contribution in [3.8, 4) is 0 Å². The van der Waals surface area contributed by atoms with Gasteiger partial charge in [-0.3, -0.25) is 0 Å². The van der Waals surface area contributed by atoms with Crippen molar-refractivity contribution in [3.63, 3.8) is 0 Å². The molecule has 0 heterocycles. The highest BCUT2D eigenvalue weighted by molar-refractivity contribution is 5.76. The van der Waals surface area contributed by atoms with Crippen molar-refractivity contribution in [1.29, 1.82) is 0 Å². The van der Waals surface area contributed by atoms with Crippen molar-refractivity contribution in [2.45, 2.75) is 59.5 Å². The van der Waals surface area contributed by atoms with E-state index in [0.29, 0.717) is 24.9 Å². The topological polar surface area (TPSA) is 46.5 Å². The summed E-state index contributed by atoms with van der Waals surface area (Å²) < 4.78 is 5.55. The van der Waals surface area contributed by atoms with Gasteiger partial charge >= 0.3 is 5.97 Å². The van der Waals surface area contributed by atoms with Gasteiger partial charge in [0.25, 0.3) is 0 Å². The molecular formula is C13H26O3. The summed E-state index contributed by atoms with van der Waals surface area (Å²) in [6, 6.07) is 0. The quantitative estimate of drug-likeness (QED) is 0.651. The molecule has 0 amide bonds. The number of hydrogen-bond donors (Lipinski definition) is 1. The zero-order valence-corrected chi connectivity index (χ0v) is 11.2. The molecule has 0 aromatic carbocycles. The molecule has 0 radical (unpaired) electrons. The summed E-state index contributed by atoms with van der Waals surface area (Å²) >= 11 is 0. The number of hydrogen-bond acceptors (Lipinski definition) is 2. The Bertz CT molecular complexity index is 211. The van der Waals surface area contributed by atoms with Crippen molar-refractivity contribution in [1.82, 2.24) is 0 Å². The monoisotopic (exact) mass is 230 g/mol. The van der Waals surface area contributed by atoms with Gasteiger partial charge in [0.2, 0.25) is 0 Å². The first-order chi connectivity index (χ1) is 7.28. The van der Waals surface area contributed by atoms with Crippen LogP contribution < -0.4 is 0 Å². The zero-order chi connectivity index (χ0) is 12.8. The van der Waals surface area contributed by atoms with Gasteiger partial charge in [0.05, 0.1) is 0 Å². The second-order valence-corrected chi connectivity index (χ2v) is 5.52. The Morgan fingerprint density at radius 3 is 2.19 bits per heavy atom. The lowest BCUT2D eigenvalue weighted by Crippen LogP contribution is -2.40. The van der Waals surface area contributed by atoms with E-state index in [1.54, 1.807) is 6.92 Å². The van der Waals surface area contributed by atoms with Crippen LogP contribution in [0, 0.1) is 11.8 Å². The van der Waals surface area contributed by atoms with Crippen LogP contribution in [-0.4, -0.2) is 23.3 Å². The minimum atomic E-state index is -1.02. The molecule has 3 heteroatoms. The van der Waals surface area contributed by atoms with Gasteiger partial charge in [-0.25, -0.2) is 4.79 Å². The molecule has 0 aliphatic carbocycles. The summed E-state index contributed by atoms with van der Waals surface area (Å²) in [7, 11) is 0. The molecule has 0 aromatic rings. The van der Waals surface area contributed by atoms with E-state index in [1.165, 1.54) is 0 Å². The Morgan fingerprint density at radius 1 is 1.25 bits per heavy atom. The fourth-order valence-corrected chi connectivity index (χ4v) is 1.78. The minimum absolute atomic E-state index is 0.325. The molecule has 0 rings (SSSR count). The van der Waals surface area contributed by atoms with Crippen LogP contribution in [0.4, 0.5) is 0 Å². The number of ether oxygens (including phenoxy) is 1. The van der Waals surface area contributed by atoms with E-state index in [2.05, 4.69) is 13.8 Å². The van der Waals surface area contributed by atoms with Crippen LogP contribution >= 0.6 is 0 Å². The van der Waals surface area contributed by atoms with E-state index in [9.17, 15) is 4.79 Å². The first-order valence-corrected chi connectivity index (χ1v) is 6.15. The summed E-state index contributed by atoms with van der Waals surface area (Å²) in [5, 5.41) is 9.16. The van der Waals surface area contributed by atoms with Gasteiger partial charge in [-0.15, -0.1) is 0 Å². The molecule has 0 aliphatic heterocycles. The van der Waals surface area contributed by atoms with Gasteiger partial charge in [0.1, 0.15) is 0 Å². The molecule has 0 spiro atoms. The third-order valence-electron chi connectivity index (χ3n) is 2.60. The number of carboxylic acids is 1. The van der Waals surface area contributed by atoms with E-state index in [0.717, 1.165) is 12.8 Å². The minimum Gasteiger partial charge on any atom is -0.479 e. The van der Waals surface area contributed by atoms with Crippen LogP contribution in [0.25, 0.3) is 0 Å². The smallest absolute Gasteiger partial charge is 0.335 e. The fourth-order valence-electron chi connectivity index (χ4n) is 1.78. The van der Waals surface area contributed by atoms with Crippen LogP contribution in [0.3, 0.4) is 0 Å². The third-order valence-corrected chi connectivity index (χ3v) is 2.60. The Balaban J connectivity index is 4.08. The van der Waals surface area contributed by atoms with E-state index in [4.69, 9.17) is 9.84 Å². The predicted molar refractivity (Wildman–Crippen MR) is 65.5 cm³/mol. The van der Waals surface area contributed by atoms with E-state index < -0.39 is 11.6 Å². The molecule has 16 heavy (non-hydrogen) atoms. The lowest BCUT2D eigenvalue weighted by molar-refractivity contribution is -0.166. The second kappa shape index (κ2) is 6.89. The average Bonchev–Trinajstić information content (AvgIpc) is 2.10. The van der Waals surface area contributed by atoms with Crippen LogP contribution in [0.1, 0.15) is 53.9 Å². The van der Waals surface area contributed by atoms with Gasteiger partial charge in [0.15, 0.2) is 5.60 Å². The van der Waals surface area contributed by atoms with Crippen LogP contribution in [0.2, 0.25) is 0 Å². The molecule has 0 bridgehead atoms. The maximum atomic E-state index is 11.2. The Hall–Kier alpha value is -0.570. The number of rotatable bonds is 8. The van der Waals surface area contributed by atoms with Gasteiger partial charge in [-0.05, 0) is 38.0 Å². The largest absolute Gasteiger partial charge is 0.479 e. The first-order valence-electron chi connectivity index (χ1n) is 6.15. The van der Waals surface area contributed by atoms with E-state index in [-0.39, 0.29) is 0 Å². The van der Waals surface area contributed by atoms with Gasteiger partial charge in [-0.1, -0.05) is 27.7 Å². The molecule has 0 saturated carbocycles. The molecule has 96 valence electrons. The van der Waals surface area contributed by atoms with Crippen LogP contribution in [0.5, 0.6) is 0 Å². The summed E-state index contributed by atoms with van der Waals surface area (Å²) in [6.45, 7) is 10.5. The van der Waals surface area contributed by atoms with Gasteiger partial charge in [0, 0.05) is 6.61 Å². The highest BCUT2D eigenvalue weighted by atomic mass is 16.5.